The lowest BCUT2D eigenvalue weighted by molar-refractivity contribution is 0.122. The maximum atomic E-state index is 6.34. The van der Waals surface area contributed by atoms with Crippen LogP contribution >= 0.6 is 0 Å². The average molecular weight is 416 g/mol. The van der Waals surface area contributed by atoms with Gasteiger partial charge in [0.15, 0.2) is 0 Å². The number of fused-ring (bicyclic) bond motifs is 3. The largest absolute Gasteiger partial charge is 0.378 e. The number of H-pyrrole nitrogens is 1. The van der Waals surface area contributed by atoms with E-state index in [4.69, 9.17) is 20.4 Å². The number of benzene rings is 1. The van der Waals surface area contributed by atoms with Crippen LogP contribution in [0.4, 0.5) is 5.69 Å². The van der Waals surface area contributed by atoms with Gasteiger partial charge in [0.25, 0.3) is 0 Å². The van der Waals surface area contributed by atoms with Gasteiger partial charge in [0.1, 0.15) is 5.65 Å². The zero-order chi connectivity index (χ0) is 21.2. The first-order valence-corrected chi connectivity index (χ1v) is 11.2. The number of anilines is 1. The second-order valence-corrected chi connectivity index (χ2v) is 8.27. The highest BCUT2D eigenvalue weighted by Gasteiger charge is 2.14. The average Bonchev–Trinajstić information content (AvgIpc) is 3.20. The molecule has 0 amide bonds. The Bertz CT molecular complexity index is 1180. The molecule has 1 unspecified atom stereocenters. The first kappa shape index (κ1) is 20.0. The van der Waals surface area contributed by atoms with Crippen LogP contribution < -0.4 is 10.6 Å². The number of morpholine rings is 1. The third-order valence-corrected chi connectivity index (χ3v) is 6.15. The van der Waals surface area contributed by atoms with Crippen LogP contribution in [-0.2, 0) is 4.74 Å². The zero-order valence-electron chi connectivity index (χ0n) is 18.0. The van der Waals surface area contributed by atoms with Crippen LogP contribution in [0.25, 0.3) is 33.2 Å². The monoisotopic (exact) mass is 415 g/mol. The van der Waals surface area contributed by atoms with Crippen LogP contribution in [0.3, 0.4) is 0 Å². The molecule has 6 heteroatoms. The van der Waals surface area contributed by atoms with Gasteiger partial charge in [-0.05, 0) is 42.8 Å². The van der Waals surface area contributed by atoms with Crippen LogP contribution in [0.5, 0.6) is 0 Å². The number of nitrogens with one attached hydrogen (secondary N) is 1. The smallest absolute Gasteiger partial charge is 0.138 e. The van der Waals surface area contributed by atoms with Gasteiger partial charge in [-0.2, -0.15) is 0 Å². The predicted molar refractivity (Wildman–Crippen MR) is 126 cm³/mol. The maximum absolute atomic E-state index is 6.34. The summed E-state index contributed by atoms with van der Waals surface area (Å²) in [5.41, 5.74) is 12.5. The molecule has 4 heterocycles. The molecular formula is C25H29N5O. The summed E-state index contributed by atoms with van der Waals surface area (Å²) < 4.78 is 5.44. The van der Waals surface area contributed by atoms with Gasteiger partial charge in [0.05, 0.1) is 36.5 Å². The fourth-order valence-corrected chi connectivity index (χ4v) is 4.29. The Hall–Kier alpha value is -2.96. The van der Waals surface area contributed by atoms with E-state index in [-0.39, 0.29) is 6.04 Å². The summed E-state index contributed by atoms with van der Waals surface area (Å²) in [6.07, 6.45) is 5.19. The van der Waals surface area contributed by atoms with Crippen molar-refractivity contribution < 1.29 is 4.74 Å². The lowest BCUT2D eigenvalue weighted by atomic mass is 10.0. The molecule has 3 N–H and O–H groups in total. The summed E-state index contributed by atoms with van der Waals surface area (Å²) in [6.45, 7) is 5.57. The van der Waals surface area contributed by atoms with Gasteiger partial charge in [-0.15, -0.1) is 0 Å². The maximum Gasteiger partial charge on any atom is 0.138 e. The van der Waals surface area contributed by atoms with Gasteiger partial charge in [-0.1, -0.05) is 25.8 Å². The highest BCUT2D eigenvalue weighted by atomic mass is 16.5. The Morgan fingerprint density at radius 2 is 1.97 bits per heavy atom. The molecule has 1 atom stereocenters. The molecule has 160 valence electrons. The highest BCUT2D eigenvalue weighted by Crippen LogP contribution is 2.30. The number of nitrogens with two attached hydrogens (primary N) is 1. The number of nitrogens with zero attached hydrogens (tertiary/aromatic N) is 3. The molecule has 1 fully saturated rings. The lowest BCUT2D eigenvalue weighted by Crippen LogP contribution is -2.36. The van der Waals surface area contributed by atoms with Crippen LogP contribution in [0.2, 0.25) is 0 Å². The van der Waals surface area contributed by atoms with Gasteiger partial charge < -0.3 is 20.4 Å². The molecule has 1 saturated heterocycles. The number of hydrogen-bond acceptors (Lipinski definition) is 5. The molecule has 5 rings (SSSR count). The normalized spacial score (nSPS) is 15.6. The third kappa shape index (κ3) is 4.01. The molecule has 1 aliphatic rings. The number of rotatable bonds is 6. The van der Waals surface area contributed by atoms with Crippen molar-refractivity contribution in [3.63, 3.8) is 0 Å². The number of pyridine rings is 2. The summed E-state index contributed by atoms with van der Waals surface area (Å²) in [5, 5.41) is 2.28. The van der Waals surface area contributed by atoms with Crippen molar-refractivity contribution in [2.24, 2.45) is 5.73 Å². The fraction of sp³-hybridized carbons (Fsp3) is 0.360. The van der Waals surface area contributed by atoms with Crippen molar-refractivity contribution >= 4 is 27.6 Å². The van der Waals surface area contributed by atoms with Gasteiger partial charge in [0, 0.05) is 41.0 Å². The zero-order valence-corrected chi connectivity index (χ0v) is 18.0. The van der Waals surface area contributed by atoms with Crippen molar-refractivity contribution in [2.45, 2.75) is 32.2 Å². The summed E-state index contributed by atoms with van der Waals surface area (Å²) in [4.78, 5) is 15.3. The molecular weight excluding hydrogens is 386 g/mol. The van der Waals surface area contributed by atoms with Crippen molar-refractivity contribution in [1.82, 2.24) is 15.0 Å². The quantitative estimate of drug-likeness (QED) is 0.473. The van der Waals surface area contributed by atoms with Gasteiger partial charge >= 0.3 is 0 Å². The molecule has 1 aromatic carbocycles. The second kappa shape index (κ2) is 8.65. The van der Waals surface area contributed by atoms with E-state index in [1.807, 2.05) is 6.20 Å². The molecule has 1 aliphatic heterocycles. The second-order valence-electron chi connectivity index (χ2n) is 8.27. The molecule has 0 spiro atoms. The van der Waals surface area contributed by atoms with Crippen molar-refractivity contribution in [2.75, 3.05) is 31.2 Å². The summed E-state index contributed by atoms with van der Waals surface area (Å²) in [6, 6.07) is 14.9. The molecule has 0 radical (unpaired) electrons. The topological polar surface area (TPSA) is 80.1 Å². The fourth-order valence-electron chi connectivity index (χ4n) is 4.29. The Balaban J connectivity index is 1.44. The molecule has 6 nitrogen and oxygen atoms in total. The number of hydrogen-bond donors (Lipinski definition) is 2. The number of unbranched alkanes of at least 4 members (excludes halogenated alkanes) is 1. The first-order valence-electron chi connectivity index (χ1n) is 11.2. The van der Waals surface area contributed by atoms with Crippen molar-refractivity contribution in [3.05, 3.63) is 54.4 Å². The van der Waals surface area contributed by atoms with Crippen LogP contribution in [0, 0.1) is 0 Å². The van der Waals surface area contributed by atoms with Gasteiger partial charge in [0.2, 0.25) is 0 Å². The molecule has 4 aromatic rings. The minimum absolute atomic E-state index is 0.0134. The number of ether oxygens (including phenoxy) is 1. The summed E-state index contributed by atoms with van der Waals surface area (Å²) >= 11 is 0. The Kier molecular flexibility index (Phi) is 5.57. The summed E-state index contributed by atoms with van der Waals surface area (Å²) in [5.74, 6) is 0. The Morgan fingerprint density at radius 3 is 2.74 bits per heavy atom. The predicted octanol–water partition coefficient (Wildman–Crippen LogP) is 4.80. The van der Waals surface area contributed by atoms with E-state index < -0.39 is 0 Å². The van der Waals surface area contributed by atoms with E-state index in [1.54, 1.807) is 0 Å². The van der Waals surface area contributed by atoms with Crippen LogP contribution in [0.15, 0.2) is 48.7 Å². The molecule has 3 aromatic heterocycles. The summed E-state index contributed by atoms with van der Waals surface area (Å²) in [7, 11) is 0. The molecule has 0 bridgehead atoms. The minimum Gasteiger partial charge on any atom is -0.378 e. The van der Waals surface area contributed by atoms with E-state index >= 15 is 0 Å². The third-order valence-electron chi connectivity index (χ3n) is 6.15. The standard InChI is InChI=1S/C25H29N5O/c1-2-3-4-21(26)24-10-7-19-20-15-17(5-8-23(20)28-25(19)29-24)22-9-6-18(16-27-22)30-11-13-31-14-12-30/h5-10,15-16,21H,2-4,11-14,26H2,1H3,(H,28,29). The van der Waals surface area contributed by atoms with Crippen LogP contribution in [-0.4, -0.2) is 41.3 Å². The molecule has 31 heavy (non-hydrogen) atoms. The first-order chi connectivity index (χ1) is 15.2. The van der Waals surface area contributed by atoms with Crippen molar-refractivity contribution in [3.8, 4) is 11.3 Å². The van der Waals surface area contributed by atoms with E-state index in [0.29, 0.717) is 0 Å². The minimum atomic E-state index is -0.0134. The van der Waals surface area contributed by atoms with Crippen LogP contribution in [0.1, 0.15) is 37.9 Å². The van der Waals surface area contributed by atoms with Gasteiger partial charge in [-0.25, -0.2) is 4.98 Å². The molecule has 0 aliphatic carbocycles. The number of aromatic nitrogens is 3. The Morgan fingerprint density at radius 1 is 1.10 bits per heavy atom. The van der Waals surface area contributed by atoms with E-state index in [9.17, 15) is 0 Å². The van der Waals surface area contributed by atoms with E-state index in [1.165, 1.54) is 0 Å². The van der Waals surface area contributed by atoms with E-state index in [0.717, 1.165) is 90.1 Å². The molecule has 0 saturated carbocycles. The van der Waals surface area contributed by atoms with Crippen molar-refractivity contribution in [1.29, 1.82) is 0 Å². The van der Waals surface area contributed by atoms with Gasteiger partial charge in [-0.3, -0.25) is 4.98 Å². The SMILES string of the molecule is CCCCC(N)c1ccc2c(n1)[nH]c1ccc(-c3ccc(N4CCOCC4)cn3)cc12. The number of aromatic amines is 1. The lowest BCUT2D eigenvalue weighted by Gasteiger charge is -2.28. The van der Waals surface area contributed by atoms with E-state index in [2.05, 4.69) is 59.3 Å². The highest BCUT2D eigenvalue weighted by molar-refractivity contribution is 6.07. The Labute approximate surface area is 182 Å².